The summed E-state index contributed by atoms with van der Waals surface area (Å²) in [6, 6.07) is 13.3. The number of hydrogen-bond donors (Lipinski definition) is 2. The van der Waals surface area contributed by atoms with Crippen LogP contribution in [-0.4, -0.2) is 15.9 Å². The van der Waals surface area contributed by atoms with Crippen LogP contribution >= 0.6 is 15.9 Å². The first kappa shape index (κ1) is 12.9. The van der Waals surface area contributed by atoms with Crippen molar-refractivity contribution in [3.05, 3.63) is 58.8 Å². The Bertz CT molecular complexity index is 749. The van der Waals surface area contributed by atoms with Gasteiger partial charge in [-0.2, -0.15) is 0 Å². The summed E-state index contributed by atoms with van der Waals surface area (Å²) < 4.78 is 0.986. The summed E-state index contributed by atoms with van der Waals surface area (Å²) in [6.45, 7) is 0. The second kappa shape index (κ2) is 5.46. The first-order valence-corrected chi connectivity index (χ1v) is 6.97. The number of nitrogens with one attached hydrogen (secondary N) is 2. The number of hydrogen-bond acceptors (Lipinski definition) is 2. The molecule has 0 unspecified atom stereocenters. The predicted molar refractivity (Wildman–Crippen MR) is 82.6 cm³/mol. The van der Waals surface area contributed by atoms with Gasteiger partial charge < -0.3 is 10.3 Å². The summed E-state index contributed by atoms with van der Waals surface area (Å²) in [5.41, 5.74) is 3.60. The number of H-pyrrole nitrogens is 1. The molecule has 0 saturated carbocycles. The second-order valence-electron chi connectivity index (χ2n) is 4.49. The van der Waals surface area contributed by atoms with Gasteiger partial charge in [0.1, 0.15) is 0 Å². The molecule has 1 amide bonds. The number of imidazole rings is 1. The maximum atomic E-state index is 12.0. The van der Waals surface area contributed by atoms with E-state index in [1.807, 2.05) is 42.5 Å². The van der Waals surface area contributed by atoms with Crippen molar-refractivity contribution in [2.75, 3.05) is 5.32 Å². The maximum Gasteiger partial charge on any atom is 0.228 e. The summed E-state index contributed by atoms with van der Waals surface area (Å²) in [6.07, 6.45) is 1.99. The van der Waals surface area contributed by atoms with E-state index in [1.165, 1.54) is 0 Å². The molecule has 100 valence electrons. The van der Waals surface area contributed by atoms with Gasteiger partial charge in [0.15, 0.2) is 0 Å². The first-order chi connectivity index (χ1) is 9.70. The van der Waals surface area contributed by atoms with E-state index >= 15 is 0 Å². The molecule has 1 aromatic heterocycles. The molecule has 0 radical (unpaired) electrons. The number of aromatic nitrogens is 2. The quantitative estimate of drug-likeness (QED) is 0.772. The molecule has 0 bridgehead atoms. The normalized spacial score (nSPS) is 10.7. The fourth-order valence-electron chi connectivity index (χ4n) is 2.02. The van der Waals surface area contributed by atoms with Crippen LogP contribution in [0.2, 0.25) is 0 Å². The zero-order valence-electron chi connectivity index (χ0n) is 10.6. The van der Waals surface area contributed by atoms with Gasteiger partial charge >= 0.3 is 0 Å². The second-order valence-corrected chi connectivity index (χ2v) is 5.40. The Labute approximate surface area is 124 Å². The number of carbonyl (C=O) groups excluding carboxylic acids is 1. The van der Waals surface area contributed by atoms with Crippen LogP contribution < -0.4 is 5.32 Å². The number of halogens is 1. The van der Waals surface area contributed by atoms with Crippen molar-refractivity contribution in [2.24, 2.45) is 0 Å². The summed E-state index contributed by atoms with van der Waals surface area (Å²) >= 11 is 3.36. The highest BCUT2D eigenvalue weighted by atomic mass is 79.9. The van der Waals surface area contributed by atoms with Crippen molar-refractivity contribution in [1.29, 1.82) is 0 Å². The molecule has 3 aromatic rings. The van der Waals surface area contributed by atoms with E-state index in [2.05, 4.69) is 31.2 Å². The highest BCUT2D eigenvalue weighted by Gasteiger charge is 2.05. The van der Waals surface area contributed by atoms with E-state index in [0.717, 1.165) is 26.8 Å². The third-order valence-corrected chi connectivity index (χ3v) is 3.51. The first-order valence-electron chi connectivity index (χ1n) is 6.18. The maximum absolute atomic E-state index is 12.0. The fourth-order valence-corrected chi connectivity index (χ4v) is 2.28. The van der Waals surface area contributed by atoms with Crippen LogP contribution in [-0.2, 0) is 11.2 Å². The molecule has 1 heterocycles. The Balaban J connectivity index is 1.70. The lowest BCUT2D eigenvalue weighted by molar-refractivity contribution is -0.115. The third-order valence-electron chi connectivity index (χ3n) is 2.98. The smallest absolute Gasteiger partial charge is 0.228 e. The molecule has 0 saturated heterocycles. The topological polar surface area (TPSA) is 57.8 Å². The van der Waals surface area contributed by atoms with Gasteiger partial charge in [-0.3, -0.25) is 4.79 Å². The standard InChI is InChI=1S/C15H12BrN3O/c16-11-2-4-12(5-3-11)19-15(20)8-10-1-6-13-14(7-10)18-9-17-13/h1-7,9H,8H2,(H,17,18)(H,19,20). The van der Waals surface area contributed by atoms with Crippen LogP contribution in [0.1, 0.15) is 5.56 Å². The molecule has 0 aliphatic heterocycles. The van der Waals surface area contributed by atoms with E-state index in [9.17, 15) is 4.79 Å². The number of benzene rings is 2. The lowest BCUT2D eigenvalue weighted by atomic mass is 10.1. The summed E-state index contributed by atoms with van der Waals surface area (Å²) in [7, 11) is 0. The molecule has 0 atom stereocenters. The van der Waals surface area contributed by atoms with Crippen LogP contribution in [0, 0.1) is 0 Å². The molecule has 0 aliphatic rings. The SMILES string of the molecule is O=C(Cc1ccc2nc[nH]c2c1)Nc1ccc(Br)cc1. The number of carbonyl (C=O) groups is 1. The molecule has 0 spiro atoms. The minimum absolute atomic E-state index is 0.0359. The van der Waals surface area contributed by atoms with Crippen LogP contribution in [0.4, 0.5) is 5.69 Å². The van der Waals surface area contributed by atoms with Gasteiger partial charge in [-0.05, 0) is 42.0 Å². The van der Waals surface area contributed by atoms with Gasteiger partial charge in [0, 0.05) is 10.2 Å². The monoisotopic (exact) mass is 329 g/mol. The van der Waals surface area contributed by atoms with Crippen molar-refractivity contribution < 1.29 is 4.79 Å². The Morgan fingerprint density at radius 1 is 1.20 bits per heavy atom. The Morgan fingerprint density at radius 2 is 2.00 bits per heavy atom. The molecule has 5 heteroatoms. The highest BCUT2D eigenvalue weighted by molar-refractivity contribution is 9.10. The minimum atomic E-state index is -0.0359. The molecule has 2 aromatic carbocycles. The van der Waals surface area contributed by atoms with Gasteiger partial charge in [0.2, 0.25) is 5.91 Å². The zero-order valence-corrected chi connectivity index (χ0v) is 12.1. The summed E-state index contributed by atoms with van der Waals surface area (Å²) in [5.74, 6) is -0.0359. The van der Waals surface area contributed by atoms with Crippen LogP contribution in [0.25, 0.3) is 11.0 Å². The number of nitrogens with zero attached hydrogens (tertiary/aromatic N) is 1. The third kappa shape index (κ3) is 2.88. The minimum Gasteiger partial charge on any atom is -0.345 e. The Kier molecular flexibility index (Phi) is 3.52. The van der Waals surface area contributed by atoms with Gasteiger partial charge in [0.05, 0.1) is 23.8 Å². The average molecular weight is 330 g/mol. The molecular formula is C15H12BrN3O. The number of rotatable bonds is 3. The zero-order chi connectivity index (χ0) is 13.9. The molecule has 20 heavy (non-hydrogen) atoms. The van der Waals surface area contributed by atoms with Gasteiger partial charge in [-0.15, -0.1) is 0 Å². The molecule has 4 nitrogen and oxygen atoms in total. The van der Waals surface area contributed by atoms with Crippen molar-refractivity contribution in [1.82, 2.24) is 9.97 Å². The lowest BCUT2D eigenvalue weighted by Crippen LogP contribution is -2.14. The van der Waals surface area contributed by atoms with Crippen LogP contribution in [0.5, 0.6) is 0 Å². The molecule has 3 rings (SSSR count). The highest BCUT2D eigenvalue weighted by Crippen LogP contribution is 2.15. The average Bonchev–Trinajstić information content (AvgIpc) is 2.89. The van der Waals surface area contributed by atoms with Gasteiger partial charge in [0.25, 0.3) is 0 Å². The number of amides is 1. The number of anilines is 1. The van der Waals surface area contributed by atoms with E-state index in [0.29, 0.717) is 6.42 Å². The summed E-state index contributed by atoms with van der Waals surface area (Å²) in [4.78, 5) is 19.2. The van der Waals surface area contributed by atoms with Crippen molar-refractivity contribution in [3.63, 3.8) is 0 Å². The van der Waals surface area contributed by atoms with Crippen molar-refractivity contribution in [2.45, 2.75) is 6.42 Å². The van der Waals surface area contributed by atoms with Gasteiger partial charge in [-0.25, -0.2) is 4.98 Å². The van der Waals surface area contributed by atoms with Crippen molar-refractivity contribution >= 4 is 38.6 Å². The van der Waals surface area contributed by atoms with E-state index in [-0.39, 0.29) is 5.91 Å². The predicted octanol–water partition coefficient (Wildman–Crippen LogP) is 3.51. The van der Waals surface area contributed by atoms with Crippen LogP contribution in [0.15, 0.2) is 53.3 Å². The molecule has 2 N–H and O–H groups in total. The van der Waals surface area contributed by atoms with E-state index < -0.39 is 0 Å². The largest absolute Gasteiger partial charge is 0.345 e. The Morgan fingerprint density at radius 3 is 2.80 bits per heavy atom. The molecule has 0 aliphatic carbocycles. The fraction of sp³-hybridized carbons (Fsp3) is 0.0667. The van der Waals surface area contributed by atoms with E-state index in [4.69, 9.17) is 0 Å². The number of fused-ring (bicyclic) bond motifs is 1. The van der Waals surface area contributed by atoms with Crippen LogP contribution in [0.3, 0.4) is 0 Å². The molecule has 0 fully saturated rings. The Hall–Kier alpha value is -2.14. The molecular weight excluding hydrogens is 318 g/mol. The van der Waals surface area contributed by atoms with Gasteiger partial charge in [-0.1, -0.05) is 22.0 Å². The summed E-state index contributed by atoms with van der Waals surface area (Å²) in [5, 5.41) is 2.87. The number of aromatic amines is 1. The lowest BCUT2D eigenvalue weighted by Gasteiger charge is -2.05. The van der Waals surface area contributed by atoms with E-state index in [1.54, 1.807) is 6.33 Å². The van der Waals surface area contributed by atoms with Crippen molar-refractivity contribution in [3.8, 4) is 0 Å².